The summed E-state index contributed by atoms with van der Waals surface area (Å²) in [5.74, 6) is 0.261. The first-order valence-corrected chi connectivity index (χ1v) is 11.0. The summed E-state index contributed by atoms with van der Waals surface area (Å²) in [6.07, 6.45) is 1.74. The molecule has 1 N–H and O–H groups in total. The average Bonchev–Trinajstić information content (AvgIpc) is 2.79. The van der Waals surface area contributed by atoms with Crippen molar-refractivity contribution in [3.63, 3.8) is 0 Å². The molecule has 3 nitrogen and oxygen atoms in total. The van der Waals surface area contributed by atoms with Crippen molar-refractivity contribution in [3.8, 4) is 0 Å². The molecular weight excluding hydrogens is 363 g/mol. The number of nitrogens with one attached hydrogen (secondary N) is 1. The lowest BCUT2D eigenvalue weighted by atomic mass is 10.2. The van der Waals surface area contributed by atoms with Gasteiger partial charge in [0.2, 0.25) is 0 Å². The lowest BCUT2D eigenvalue weighted by molar-refractivity contribution is 0.581. The largest absolute Gasteiger partial charge is 0.356 e. The molecule has 0 aliphatic rings. The average molecular weight is 384 g/mol. The fourth-order valence-corrected chi connectivity index (χ4v) is 6.38. The van der Waals surface area contributed by atoms with Crippen LogP contribution in [0.1, 0.15) is 11.3 Å². The summed E-state index contributed by atoms with van der Waals surface area (Å²) in [7, 11) is -3.07. The van der Waals surface area contributed by atoms with Gasteiger partial charge in [-0.3, -0.25) is 0 Å². The van der Waals surface area contributed by atoms with Gasteiger partial charge in [0.15, 0.2) is 7.14 Å². The zero-order valence-electron chi connectivity index (χ0n) is 15.3. The first-order chi connectivity index (χ1) is 13.8. The fraction of sp³-hybridized carbons (Fsp3) is 0.0417. The van der Waals surface area contributed by atoms with E-state index >= 15 is 0 Å². The molecule has 0 saturated heterocycles. The van der Waals surface area contributed by atoms with E-state index in [1.54, 1.807) is 6.20 Å². The lowest BCUT2D eigenvalue weighted by Gasteiger charge is -2.30. The smallest absolute Gasteiger partial charge is 0.168 e. The zero-order valence-corrected chi connectivity index (χ0v) is 16.2. The van der Waals surface area contributed by atoms with E-state index in [0.717, 1.165) is 16.2 Å². The van der Waals surface area contributed by atoms with Gasteiger partial charge in [-0.25, -0.2) is 4.98 Å². The highest BCUT2D eigenvalue weighted by atomic mass is 31.2. The Kier molecular flexibility index (Phi) is 5.36. The maximum Gasteiger partial charge on any atom is 0.168 e. The molecule has 0 bridgehead atoms. The molecule has 1 aromatic heterocycles. The van der Waals surface area contributed by atoms with Crippen molar-refractivity contribution in [2.75, 3.05) is 5.32 Å². The Morgan fingerprint density at radius 2 is 1.14 bits per heavy atom. The molecule has 0 fully saturated rings. The highest BCUT2D eigenvalue weighted by Crippen LogP contribution is 2.56. The van der Waals surface area contributed by atoms with E-state index < -0.39 is 12.9 Å². The van der Waals surface area contributed by atoms with E-state index in [9.17, 15) is 4.57 Å². The molecule has 0 saturated carbocycles. The summed E-state index contributed by atoms with van der Waals surface area (Å²) in [6, 6.07) is 35.1. The monoisotopic (exact) mass is 384 g/mol. The minimum Gasteiger partial charge on any atom is -0.356 e. The molecule has 3 aromatic carbocycles. The third-order valence-electron chi connectivity index (χ3n) is 4.71. The van der Waals surface area contributed by atoms with Crippen LogP contribution in [0.25, 0.3) is 0 Å². The number of aromatic nitrogens is 1. The van der Waals surface area contributed by atoms with Gasteiger partial charge in [0.1, 0.15) is 11.6 Å². The van der Waals surface area contributed by atoms with Gasteiger partial charge < -0.3 is 9.88 Å². The summed E-state index contributed by atoms with van der Waals surface area (Å²) < 4.78 is 14.8. The number of nitrogens with zero attached hydrogens (tertiary/aromatic N) is 1. The number of anilines is 1. The number of hydrogen-bond donors (Lipinski definition) is 1. The quantitative estimate of drug-likeness (QED) is 0.464. The number of pyridine rings is 1. The van der Waals surface area contributed by atoms with Crippen LogP contribution in [-0.2, 0) is 4.57 Å². The second-order valence-electron chi connectivity index (χ2n) is 6.50. The minimum absolute atomic E-state index is 0.437. The zero-order chi connectivity index (χ0) is 19.2. The first-order valence-electron chi connectivity index (χ1n) is 9.22. The van der Waals surface area contributed by atoms with Crippen molar-refractivity contribution >= 4 is 23.6 Å². The highest BCUT2D eigenvalue weighted by molar-refractivity contribution is 7.79. The molecular formula is C24H21N2OP. The van der Waals surface area contributed by atoms with Gasteiger partial charge >= 0.3 is 0 Å². The summed E-state index contributed by atoms with van der Waals surface area (Å²) in [6.45, 7) is 0. The van der Waals surface area contributed by atoms with Crippen LogP contribution in [0.5, 0.6) is 0 Å². The normalized spacial score (nSPS) is 12.3. The molecule has 4 heteroatoms. The molecule has 4 aromatic rings. The van der Waals surface area contributed by atoms with Crippen LogP contribution in [0.2, 0.25) is 0 Å². The third kappa shape index (κ3) is 3.62. The summed E-state index contributed by atoms with van der Waals surface area (Å²) in [5, 5.41) is 5.09. The van der Waals surface area contributed by atoms with E-state index in [-0.39, 0.29) is 0 Å². The van der Waals surface area contributed by atoms with Crippen molar-refractivity contribution in [2.45, 2.75) is 5.78 Å². The molecule has 138 valence electrons. The Morgan fingerprint density at radius 1 is 0.643 bits per heavy atom. The van der Waals surface area contributed by atoms with Gasteiger partial charge in [-0.05, 0) is 17.7 Å². The Balaban J connectivity index is 1.93. The Bertz CT molecular complexity index is 1010. The van der Waals surface area contributed by atoms with Crippen LogP contribution in [0.4, 0.5) is 5.82 Å². The van der Waals surface area contributed by atoms with Crippen molar-refractivity contribution < 1.29 is 4.57 Å². The number of benzene rings is 3. The standard InChI is InChI=1S/C24H21N2OP/c27-28(21-14-6-2-7-15-21,22-16-8-3-9-17-22)24(20-12-4-1-5-13-20)26-23-18-10-11-19-25-23/h1-19,24H,(H,25,26). The van der Waals surface area contributed by atoms with E-state index in [2.05, 4.69) is 10.3 Å². The van der Waals surface area contributed by atoms with Gasteiger partial charge in [0, 0.05) is 16.8 Å². The predicted octanol–water partition coefficient (Wildman–Crippen LogP) is 5.21. The maximum atomic E-state index is 14.8. The van der Waals surface area contributed by atoms with Gasteiger partial charge in [0.05, 0.1) is 0 Å². The number of hydrogen-bond acceptors (Lipinski definition) is 3. The Hall–Kier alpha value is -3.16. The number of rotatable bonds is 6. The Morgan fingerprint density at radius 3 is 1.64 bits per heavy atom. The Labute approximate surface area is 165 Å². The van der Waals surface area contributed by atoms with E-state index in [1.165, 1.54) is 0 Å². The van der Waals surface area contributed by atoms with Crippen LogP contribution >= 0.6 is 7.14 Å². The van der Waals surface area contributed by atoms with Gasteiger partial charge in [-0.2, -0.15) is 0 Å². The molecule has 1 atom stereocenters. The highest BCUT2D eigenvalue weighted by Gasteiger charge is 2.38. The molecule has 0 aliphatic heterocycles. The predicted molar refractivity (Wildman–Crippen MR) is 117 cm³/mol. The van der Waals surface area contributed by atoms with Gasteiger partial charge in [0.25, 0.3) is 0 Å². The van der Waals surface area contributed by atoms with E-state index in [4.69, 9.17) is 0 Å². The fourth-order valence-electron chi connectivity index (χ4n) is 3.35. The van der Waals surface area contributed by atoms with Gasteiger partial charge in [-0.15, -0.1) is 0 Å². The molecule has 4 rings (SSSR count). The van der Waals surface area contributed by atoms with Crippen LogP contribution in [-0.4, -0.2) is 4.98 Å². The second kappa shape index (κ2) is 8.24. The molecule has 0 aliphatic carbocycles. The molecule has 0 amide bonds. The van der Waals surface area contributed by atoms with Gasteiger partial charge in [-0.1, -0.05) is 97.1 Å². The van der Waals surface area contributed by atoms with Crippen LogP contribution in [0.15, 0.2) is 115 Å². The van der Waals surface area contributed by atoms with Crippen LogP contribution < -0.4 is 15.9 Å². The maximum absolute atomic E-state index is 14.8. The lowest BCUT2D eigenvalue weighted by Crippen LogP contribution is -2.26. The molecule has 1 unspecified atom stereocenters. The molecule has 28 heavy (non-hydrogen) atoms. The summed E-state index contributed by atoms with van der Waals surface area (Å²) in [4.78, 5) is 4.41. The van der Waals surface area contributed by atoms with Crippen LogP contribution in [0.3, 0.4) is 0 Å². The van der Waals surface area contributed by atoms with E-state index in [1.807, 2.05) is 109 Å². The molecule has 0 radical (unpaired) electrons. The molecule has 1 heterocycles. The van der Waals surface area contributed by atoms with Crippen molar-refractivity contribution in [1.29, 1.82) is 0 Å². The van der Waals surface area contributed by atoms with Crippen molar-refractivity contribution in [1.82, 2.24) is 4.98 Å². The summed E-state index contributed by atoms with van der Waals surface area (Å²) >= 11 is 0. The topological polar surface area (TPSA) is 42.0 Å². The summed E-state index contributed by atoms with van der Waals surface area (Å²) in [5.41, 5.74) is 0.962. The van der Waals surface area contributed by atoms with Crippen LogP contribution in [0, 0.1) is 0 Å². The van der Waals surface area contributed by atoms with E-state index in [0.29, 0.717) is 5.82 Å². The first kappa shape index (κ1) is 18.2. The molecule has 0 spiro atoms. The second-order valence-corrected chi connectivity index (χ2v) is 9.37. The van der Waals surface area contributed by atoms with Crippen molar-refractivity contribution in [2.24, 2.45) is 0 Å². The SMILES string of the molecule is O=P(c1ccccc1)(c1ccccc1)C(Nc1ccccn1)c1ccccc1. The third-order valence-corrected chi connectivity index (χ3v) is 7.99. The van der Waals surface area contributed by atoms with Crippen molar-refractivity contribution in [3.05, 3.63) is 121 Å². The minimum atomic E-state index is -3.07.